The SMILES string of the molecule is COc1ccc(S(=O)(=O)Nc2cnc(N3CCN(c4ccccn4)CC3)c(Cl)c2)cc1. The number of anilines is 3. The largest absolute Gasteiger partial charge is 0.497 e. The number of nitrogens with zero attached hydrogens (tertiary/aromatic N) is 4. The summed E-state index contributed by atoms with van der Waals surface area (Å²) >= 11 is 6.45. The summed E-state index contributed by atoms with van der Waals surface area (Å²) in [5.74, 6) is 2.16. The molecule has 10 heteroatoms. The Bertz CT molecular complexity index is 1140. The van der Waals surface area contributed by atoms with E-state index < -0.39 is 10.0 Å². The van der Waals surface area contributed by atoms with Crippen molar-refractivity contribution in [1.82, 2.24) is 9.97 Å². The smallest absolute Gasteiger partial charge is 0.261 e. The normalized spacial score (nSPS) is 14.4. The van der Waals surface area contributed by atoms with Crippen LogP contribution in [0.25, 0.3) is 0 Å². The van der Waals surface area contributed by atoms with E-state index in [0.717, 1.165) is 32.0 Å². The molecular weight excluding hydrogens is 438 g/mol. The molecular formula is C21H22ClN5O3S. The summed E-state index contributed by atoms with van der Waals surface area (Å²) in [5, 5.41) is 0.390. The first-order valence-electron chi connectivity index (χ1n) is 9.69. The second-order valence-corrected chi connectivity index (χ2v) is 9.06. The summed E-state index contributed by atoms with van der Waals surface area (Å²) in [6, 6.07) is 13.6. The van der Waals surface area contributed by atoms with Crippen LogP contribution in [0.4, 0.5) is 17.3 Å². The second kappa shape index (κ2) is 8.99. The maximum atomic E-state index is 12.6. The Morgan fingerprint density at radius 3 is 2.32 bits per heavy atom. The van der Waals surface area contributed by atoms with Crippen molar-refractivity contribution in [2.24, 2.45) is 0 Å². The lowest BCUT2D eigenvalue weighted by Crippen LogP contribution is -2.47. The van der Waals surface area contributed by atoms with Crippen molar-refractivity contribution in [3.63, 3.8) is 0 Å². The standard InChI is InChI=1S/C21H22ClN5O3S/c1-30-17-5-7-18(8-6-17)31(28,29)25-16-14-19(22)21(24-15-16)27-12-10-26(11-13-27)20-4-2-3-9-23-20/h2-9,14-15,25H,10-13H2,1H3. The Morgan fingerprint density at radius 2 is 1.71 bits per heavy atom. The predicted molar refractivity (Wildman–Crippen MR) is 122 cm³/mol. The summed E-state index contributed by atoms with van der Waals surface area (Å²) in [5.41, 5.74) is 0.302. The quantitative estimate of drug-likeness (QED) is 0.605. The van der Waals surface area contributed by atoms with Gasteiger partial charge in [0.1, 0.15) is 17.4 Å². The minimum absolute atomic E-state index is 0.124. The number of hydrogen-bond donors (Lipinski definition) is 1. The fourth-order valence-corrected chi connectivity index (χ4v) is 4.70. The Balaban J connectivity index is 1.43. The Hall–Kier alpha value is -3.04. The highest BCUT2D eigenvalue weighted by Crippen LogP contribution is 2.29. The lowest BCUT2D eigenvalue weighted by molar-refractivity contribution is 0.414. The number of ether oxygens (including phenoxy) is 1. The van der Waals surface area contributed by atoms with Crippen molar-refractivity contribution in [1.29, 1.82) is 0 Å². The van der Waals surface area contributed by atoms with E-state index in [0.29, 0.717) is 22.3 Å². The molecule has 0 amide bonds. The number of methoxy groups -OCH3 is 1. The molecule has 162 valence electrons. The van der Waals surface area contributed by atoms with E-state index in [4.69, 9.17) is 16.3 Å². The minimum Gasteiger partial charge on any atom is -0.497 e. The molecule has 1 aliphatic heterocycles. The van der Waals surface area contributed by atoms with Crippen molar-refractivity contribution in [2.45, 2.75) is 4.90 Å². The Labute approximate surface area is 186 Å². The highest BCUT2D eigenvalue weighted by Gasteiger charge is 2.22. The van der Waals surface area contributed by atoms with Gasteiger partial charge in [-0.05, 0) is 42.5 Å². The third kappa shape index (κ3) is 4.83. The van der Waals surface area contributed by atoms with Gasteiger partial charge in [0.2, 0.25) is 0 Å². The molecule has 31 heavy (non-hydrogen) atoms. The number of rotatable bonds is 6. The van der Waals surface area contributed by atoms with E-state index in [2.05, 4.69) is 24.5 Å². The lowest BCUT2D eigenvalue weighted by atomic mass is 10.3. The van der Waals surface area contributed by atoms with Gasteiger partial charge in [0.05, 0.1) is 28.9 Å². The second-order valence-electron chi connectivity index (χ2n) is 6.97. The van der Waals surface area contributed by atoms with Crippen LogP contribution in [-0.2, 0) is 10.0 Å². The van der Waals surface area contributed by atoms with E-state index in [1.165, 1.54) is 25.4 Å². The number of piperazine rings is 1. The summed E-state index contributed by atoms with van der Waals surface area (Å²) in [6.07, 6.45) is 3.26. The molecule has 3 aromatic rings. The first-order valence-corrected chi connectivity index (χ1v) is 11.6. The molecule has 0 radical (unpaired) electrons. The molecule has 0 atom stereocenters. The Morgan fingerprint density at radius 1 is 1.00 bits per heavy atom. The van der Waals surface area contributed by atoms with Crippen LogP contribution in [0.1, 0.15) is 0 Å². The molecule has 1 aliphatic rings. The van der Waals surface area contributed by atoms with Crippen LogP contribution in [0.3, 0.4) is 0 Å². The van der Waals surface area contributed by atoms with Crippen molar-refractivity contribution >= 4 is 38.9 Å². The third-order valence-electron chi connectivity index (χ3n) is 5.00. The maximum Gasteiger partial charge on any atom is 0.261 e. The highest BCUT2D eigenvalue weighted by molar-refractivity contribution is 7.92. The van der Waals surface area contributed by atoms with Crippen LogP contribution in [0, 0.1) is 0 Å². The number of halogens is 1. The first kappa shape index (κ1) is 21.2. The van der Waals surface area contributed by atoms with Crippen LogP contribution in [0.5, 0.6) is 5.75 Å². The fraction of sp³-hybridized carbons (Fsp3) is 0.238. The highest BCUT2D eigenvalue weighted by atomic mass is 35.5. The topological polar surface area (TPSA) is 87.7 Å². The fourth-order valence-electron chi connectivity index (χ4n) is 3.38. The van der Waals surface area contributed by atoms with E-state index >= 15 is 0 Å². The number of benzene rings is 1. The maximum absolute atomic E-state index is 12.6. The van der Waals surface area contributed by atoms with Crippen molar-refractivity contribution < 1.29 is 13.2 Å². The molecule has 1 saturated heterocycles. The predicted octanol–water partition coefficient (Wildman–Crippen LogP) is 3.27. The number of pyridine rings is 2. The van der Waals surface area contributed by atoms with Gasteiger partial charge in [-0.1, -0.05) is 17.7 Å². The molecule has 0 aliphatic carbocycles. The molecule has 2 aromatic heterocycles. The van der Waals surface area contributed by atoms with Gasteiger partial charge >= 0.3 is 0 Å². The molecule has 8 nitrogen and oxygen atoms in total. The first-order chi connectivity index (χ1) is 15.0. The summed E-state index contributed by atoms with van der Waals surface area (Å²) in [6.45, 7) is 3.06. The van der Waals surface area contributed by atoms with Gasteiger partial charge < -0.3 is 14.5 Å². The van der Waals surface area contributed by atoms with Crippen molar-refractivity contribution in [2.75, 3.05) is 47.8 Å². The summed E-state index contributed by atoms with van der Waals surface area (Å²) < 4.78 is 32.8. The van der Waals surface area contributed by atoms with E-state index in [-0.39, 0.29) is 4.90 Å². The van der Waals surface area contributed by atoms with Crippen LogP contribution in [0.2, 0.25) is 5.02 Å². The zero-order chi connectivity index (χ0) is 21.8. The van der Waals surface area contributed by atoms with Gasteiger partial charge in [0.25, 0.3) is 10.0 Å². The molecule has 4 rings (SSSR count). The number of hydrogen-bond acceptors (Lipinski definition) is 7. The van der Waals surface area contributed by atoms with Gasteiger partial charge in [0.15, 0.2) is 0 Å². The van der Waals surface area contributed by atoms with E-state index in [1.54, 1.807) is 24.4 Å². The number of aromatic nitrogens is 2. The zero-order valence-corrected chi connectivity index (χ0v) is 18.5. The number of sulfonamides is 1. The van der Waals surface area contributed by atoms with Crippen molar-refractivity contribution in [3.05, 3.63) is 65.9 Å². The average molecular weight is 460 g/mol. The van der Waals surface area contributed by atoms with E-state index in [9.17, 15) is 8.42 Å². The molecule has 3 heterocycles. The molecule has 1 aromatic carbocycles. The third-order valence-corrected chi connectivity index (χ3v) is 6.67. The van der Waals surface area contributed by atoms with E-state index in [1.807, 2.05) is 18.2 Å². The average Bonchev–Trinajstić information content (AvgIpc) is 2.80. The Kier molecular flexibility index (Phi) is 6.15. The summed E-state index contributed by atoms with van der Waals surface area (Å²) in [4.78, 5) is 13.2. The molecule has 0 unspecified atom stereocenters. The van der Waals surface area contributed by atoms with Gasteiger partial charge in [-0.15, -0.1) is 0 Å². The van der Waals surface area contributed by atoms with Crippen LogP contribution < -0.4 is 19.3 Å². The monoisotopic (exact) mass is 459 g/mol. The minimum atomic E-state index is -3.76. The molecule has 0 saturated carbocycles. The van der Waals surface area contributed by atoms with Crippen LogP contribution >= 0.6 is 11.6 Å². The van der Waals surface area contributed by atoms with Crippen LogP contribution in [-0.4, -0.2) is 51.7 Å². The molecule has 0 spiro atoms. The van der Waals surface area contributed by atoms with Gasteiger partial charge in [0, 0.05) is 32.4 Å². The van der Waals surface area contributed by atoms with Gasteiger partial charge in [-0.25, -0.2) is 18.4 Å². The molecule has 1 fully saturated rings. The molecule has 0 bridgehead atoms. The zero-order valence-electron chi connectivity index (χ0n) is 16.9. The van der Waals surface area contributed by atoms with Crippen LogP contribution in [0.15, 0.2) is 65.8 Å². The van der Waals surface area contributed by atoms with Gasteiger partial charge in [-0.2, -0.15) is 0 Å². The lowest BCUT2D eigenvalue weighted by Gasteiger charge is -2.36. The van der Waals surface area contributed by atoms with Crippen molar-refractivity contribution in [3.8, 4) is 5.75 Å². The molecule has 1 N–H and O–H groups in total. The summed E-state index contributed by atoms with van der Waals surface area (Å²) in [7, 11) is -2.24. The van der Waals surface area contributed by atoms with Gasteiger partial charge in [-0.3, -0.25) is 4.72 Å². The number of nitrogens with one attached hydrogen (secondary N) is 1.